The van der Waals surface area contributed by atoms with Crippen LogP contribution >= 0.6 is 11.3 Å². The third-order valence-electron chi connectivity index (χ3n) is 4.18. The number of fused-ring (bicyclic) bond motifs is 1. The van der Waals surface area contributed by atoms with Crippen LogP contribution in [0.2, 0.25) is 0 Å². The average molecular weight is 372 g/mol. The van der Waals surface area contributed by atoms with Crippen LogP contribution in [0.4, 0.5) is 5.13 Å². The molecule has 9 heteroatoms. The number of carbonyl (C=O) groups excluding carboxylic acids is 1. The maximum Gasteiger partial charge on any atom is 0.217 e. The van der Waals surface area contributed by atoms with E-state index in [-0.39, 0.29) is 12.0 Å². The van der Waals surface area contributed by atoms with Gasteiger partial charge in [0.15, 0.2) is 0 Å². The summed E-state index contributed by atoms with van der Waals surface area (Å²) in [6, 6.07) is 3.72. The Morgan fingerprint density at radius 1 is 1.50 bits per heavy atom. The highest BCUT2D eigenvalue weighted by atomic mass is 32.1. The average Bonchev–Trinajstić information content (AvgIpc) is 3.28. The lowest BCUT2D eigenvalue weighted by Gasteiger charge is -2.16. The van der Waals surface area contributed by atoms with Crippen LogP contribution in [0.3, 0.4) is 0 Å². The van der Waals surface area contributed by atoms with Crippen LogP contribution in [0.1, 0.15) is 24.7 Å². The number of aryl methyl sites for hydroxylation is 1. The number of hydrogen-bond donors (Lipinski definition) is 1. The van der Waals surface area contributed by atoms with Crippen molar-refractivity contribution in [3.63, 3.8) is 0 Å². The van der Waals surface area contributed by atoms with Crippen LogP contribution in [-0.2, 0) is 11.3 Å². The highest BCUT2D eigenvalue weighted by molar-refractivity contribution is 7.20. The summed E-state index contributed by atoms with van der Waals surface area (Å²) >= 11 is 1.60. The van der Waals surface area contributed by atoms with Gasteiger partial charge in [-0.25, -0.2) is 9.50 Å². The number of carbonyl (C=O) groups is 1. The topological polar surface area (TPSA) is 84.7 Å². The zero-order chi connectivity index (χ0) is 18.1. The maximum atomic E-state index is 11.0. The number of nitrogens with one attached hydrogen (secondary N) is 1. The van der Waals surface area contributed by atoms with Gasteiger partial charge in [-0.05, 0) is 13.0 Å². The van der Waals surface area contributed by atoms with Gasteiger partial charge >= 0.3 is 0 Å². The second kappa shape index (κ2) is 6.91. The number of ether oxygens (including phenoxy) is 1. The molecule has 1 saturated heterocycles. The highest BCUT2D eigenvalue weighted by Crippen LogP contribution is 2.28. The molecule has 0 spiro atoms. The molecule has 26 heavy (non-hydrogen) atoms. The van der Waals surface area contributed by atoms with Gasteiger partial charge in [0, 0.05) is 32.2 Å². The van der Waals surface area contributed by atoms with Crippen molar-refractivity contribution in [1.29, 1.82) is 0 Å². The molecular weight excluding hydrogens is 352 g/mol. The number of pyridine rings is 1. The number of rotatable bonds is 5. The molecule has 136 valence electrons. The minimum absolute atomic E-state index is 0.0745. The van der Waals surface area contributed by atoms with Crippen LogP contribution < -0.4 is 15.0 Å². The molecule has 4 heterocycles. The summed E-state index contributed by atoms with van der Waals surface area (Å²) in [5.41, 5.74) is 1.76. The monoisotopic (exact) mass is 372 g/mol. The Kier molecular flexibility index (Phi) is 4.46. The molecule has 4 rings (SSSR count). The Morgan fingerprint density at radius 3 is 3.19 bits per heavy atom. The molecule has 3 aromatic heterocycles. The Labute approximate surface area is 154 Å². The molecule has 1 N–H and O–H groups in total. The van der Waals surface area contributed by atoms with Crippen LogP contribution in [-0.4, -0.2) is 44.7 Å². The van der Waals surface area contributed by atoms with E-state index in [0.29, 0.717) is 6.54 Å². The van der Waals surface area contributed by atoms with Gasteiger partial charge in [-0.15, -0.1) is 5.10 Å². The number of nitrogens with zero attached hydrogens (tertiary/aromatic N) is 5. The van der Waals surface area contributed by atoms with Gasteiger partial charge in [0.25, 0.3) is 0 Å². The summed E-state index contributed by atoms with van der Waals surface area (Å²) in [5, 5.41) is 8.32. The van der Waals surface area contributed by atoms with Crippen LogP contribution in [0, 0.1) is 6.92 Å². The molecule has 1 aliphatic heterocycles. The molecule has 1 atom stereocenters. The molecule has 0 radical (unpaired) electrons. The van der Waals surface area contributed by atoms with Crippen LogP contribution in [0.25, 0.3) is 4.96 Å². The lowest BCUT2D eigenvalue weighted by molar-refractivity contribution is -0.119. The fourth-order valence-corrected chi connectivity index (χ4v) is 3.92. The summed E-state index contributed by atoms with van der Waals surface area (Å²) in [6.07, 6.45) is 4.68. The van der Waals surface area contributed by atoms with E-state index < -0.39 is 0 Å². The zero-order valence-corrected chi connectivity index (χ0v) is 15.5. The van der Waals surface area contributed by atoms with E-state index >= 15 is 0 Å². The quantitative estimate of drug-likeness (QED) is 0.735. The molecule has 0 bridgehead atoms. The standard InChI is InChI=1S/C17H20N6O2S/c1-11-9-23-16(20-11)26-17(21-23)22-6-4-15(10-22)25-14-3-5-18-13(7-14)8-19-12(2)24/h3,5,7,9,15H,4,6,8,10H2,1-2H3,(H,19,24). The predicted octanol–water partition coefficient (Wildman–Crippen LogP) is 1.79. The summed E-state index contributed by atoms with van der Waals surface area (Å²) in [7, 11) is 0. The van der Waals surface area contributed by atoms with E-state index in [1.54, 1.807) is 17.5 Å². The number of imidazole rings is 1. The smallest absolute Gasteiger partial charge is 0.217 e. The Bertz CT molecular complexity index is 905. The van der Waals surface area contributed by atoms with E-state index in [0.717, 1.165) is 46.7 Å². The number of hydrogen-bond acceptors (Lipinski definition) is 7. The van der Waals surface area contributed by atoms with Crippen molar-refractivity contribution in [2.45, 2.75) is 32.9 Å². The molecule has 3 aromatic rings. The molecule has 1 unspecified atom stereocenters. The second-order valence-corrected chi connectivity index (χ2v) is 7.30. The second-order valence-electron chi connectivity index (χ2n) is 6.36. The van der Waals surface area contributed by atoms with Gasteiger partial charge in [-0.3, -0.25) is 9.78 Å². The van der Waals surface area contributed by atoms with Gasteiger partial charge in [0.1, 0.15) is 11.9 Å². The first-order valence-electron chi connectivity index (χ1n) is 8.50. The Balaban J connectivity index is 1.38. The Morgan fingerprint density at radius 2 is 2.38 bits per heavy atom. The summed E-state index contributed by atoms with van der Waals surface area (Å²) in [6.45, 7) is 5.56. The Hall–Kier alpha value is -2.68. The molecular formula is C17H20N6O2S. The minimum Gasteiger partial charge on any atom is -0.488 e. The molecule has 1 fully saturated rings. The van der Waals surface area contributed by atoms with Crippen molar-refractivity contribution >= 4 is 27.3 Å². The number of anilines is 1. The van der Waals surface area contributed by atoms with Crippen molar-refractivity contribution in [2.24, 2.45) is 0 Å². The maximum absolute atomic E-state index is 11.0. The molecule has 0 saturated carbocycles. The normalized spacial score (nSPS) is 17.0. The molecule has 0 aromatic carbocycles. The van der Waals surface area contributed by atoms with Gasteiger partial charge in [0.05, 0.1) is 30.7 Å². The van der Waals surface area contributed by atoms with Crippen molar-refractivity contribution in [1.82, 2.24) is 24.9 Å². The molecule has 0 aliphatic carbocycles. The minimum atomic E-state index is -0.0745. The van der Waals surface area contributed by atoms with E-state index in [1.165, 1.54) is 6.92 Å². The number of amides is 1. The van der Waals surface area contributed by atoms with Crippen molar-refractivity contribution in [3.8, 4) is 5.75 Å². The van der Waals surface area contributed by atoms with E-state index in [1.807, 2.05) is 29.8 Å². The van der Waals surface area contributed by atoms with Crippen molar-refractivity contribution in [2.75, 3.05) is 18.0 Å². The fourth-order valence-electron chi connectivity index (χ4n) is 2.96. The third kappa shape index (κ3) is 3.62. The molecule has 1 aliphatic rings. The van der Waals surface area contributed by atoms with E-state index in [2.05, 4.69) is 25.3 Å². The largest absolute Gasteiger partial charge is 0.488 e. The van der Waals surface area contributed by atoms with E-state index in [9.17, 15) is 4.79 Å². The van der Waals surface area contributed by atoms with Gasteiger partial charge in [-0.1, -0.05) is 11.3 Å². The molecule has 1 amide bonds. The van der Waals surface area contributed by atoms with Crippen LogP contribution in [0.15, 0.2) is 24.5 Å². The first kappa shape index (κ1) is 16.8. The van der Waals surface area contributed by atoms with Crippen molar-refractivity contribution in [3.05, 3.63) is 35.9 Å². The van der Waals surface area contributed by atoms with Gasteiger partial charge in [0.2, 0.25) is 16.0 Å². The summed E-state index contributed by atoms with van der Waals surface area (Å²) < 4.78 is 7.94. The SMILES string of the molecule is CC(=O)NCc1cc(OC2CCN(c3nn4cc(C)nc4s3)C2)ccn1. The fraction of sp³-hybridized carbons (Fsp3) is 0.412. The lowest BCUT2D eigenvalue weighted by Crippen LogP contribution is -2.24. The zero-order valence-electron chi connectivity index (χ0n) is 14.7. The lowest BCUT2D eigenvalue weighted by atomic mass is 10.3. The van der Waals surface area contributed by atoms with Gasteiger partial charge < -0.3 is 15.0 Å². The van der Waals surface area contributed by atoms with E-state index in [4.69, 9.17) is 4.74 Å². The predicted molar refractivity (Wildman–Crippen MR) is 98.6 cm³/mol. The highest BCUT2D eigenvalue weighted by Gasteiger charge is 2.27. The molecule has 8 nitrogen and oxygen atoms in total. The first-order valence-corrected chi connectivity index (χ1v) is 9.32. The summed E-state index contributed by atoms with van der Waals surface area (Å²) in [5.74, 6) is 0.700. The summed E-state index contributed by atoms with van der Waals surface area (Å²) in [4.78, 5) is 22.9. The van der Waals surface area contributed by atoms with Gasteiger partial charge in [-0.2, -0.15) is 0 Å². The van der Waals surface area contributed by atoms with Crippen molar-refractivity contribution < 1.29 is 9.53 Å². The number of aromatic nitrogens is 4. The van der Waals surface area contributed by atoms with Crippen LogP contribution in [0.5, 0.6) is 5.75 Å². The first-order chi connectivity index (χ1) is 12.6. The third-order valence-corrected chi connectivity index (χ3v) is 5.16.